The molecule has 0 amide bonds. The van der Waals surface area contributed by atoms with Gasteiger partial charge in [0.25, 0.3) is 0 Å². The van der Waals surface area contributed by atoms with E-state index < -0.39 is 23.6 Å². The van der Waals surface area contributed by atoms with Crippen LogP contribution in [0, 0.1) is 23.7 Å². The molecule has 0 unspecified atom stereocenters. The van der Waals surface area contributed by atoms with Crippen LogP contribution in [0.2, 0.25) is 0 Å². The minimum absolute atomic E-state index is 0.0337. The van der Waals surface area contributed by atoms with Gasteiger partial charge in [0.1, 0.15) is 11.9 Å². The van der Waals surface area contributed by atoms with Crippen LogP contribution >= 0.6 is 0 Å². The predicted molar refractivity (Wildman–Crippen MR) is 107 cm³/mol. The van der Waals surface area contributed by atoms with Crippen molar-refractivity contribution in [2.45, 2.75) is 86.7 Å². The third-order valence-electron chi connectivity index (χ3n) is 4.55. The predicted octanol–water partition coefficient (Wildman–Crippen LogP) is 4.42. The second kappa shape index (κ2) is 12.1. The summed E-state index contributed by atoms with van der Waals surface area (Å²) in [5, 5.41) is 20.5. The maximum absolute atomic E-state index is 13.1. The fraction of sp³-hybridized carbons (Fsp3) is 0.773. The molecule has 5 nitrogen and oxygen atoms in total. The Hall–Kier alpha value is -1.49. The van der Waals surface area contributed by atoms with Gasteiger partial charge in [-0.1, -0.05) is 48.0 Å². The molecule has 0 aromatic carbocycles. The summed E-state index contributed by atoms with van der Waals surface area (Å²) in [5.41, 5.74) is -0.270. The Kier molecular flexibility index (Phi) is 11.4. The van der Waals surface area contributed by atoms with E-state index in [-0.39, 0.29) is 41.8 Å². The van der Waals surface area contributed by atoms with Crippen LogP contribution in [0.5, 0.6) is 0 Å². The zero-order valence-electron chi connectivity index (χ0n) is 18.0. The van der Waals surface area contributed by atoms with Crippen molar-refractivity contribution in [2.24, 2.45) is 23.7 Å². The molecule has 0 bridgehead atoms. The average Bonchev–Trinajstić information content (AvgIpc) is 2.50. The highest BCUT2D eigenvalue weighted by atomic mass is 16.3. The van der Waals surface area contributed by atoms with Crippen molar-refractivity contribution in [3.05, 3.63) is 11.3 Å². The molecule has 5 heteroatoms. The summed E-state index contributed by atoms with van der Waals surface area (Å²) in [7, 11) is 0. The molecule has 0 aromatic rings. The van der Waals surface area contributed by atoms with Crippen molar-refractivity contribution < 1.29 is 24.6 Å². The van der Waals surface area contributed by atoms with E-state index in [1.54, 1.807) is 0 Å². The first kappa shape index (κ1) is 25.5. The lowest BCUT2D eigenvalue weighted by Gasteiger charge is -2.23. The van der Waals surface area contributed by atoms with Crippen LogP contribution < -0.4 is 0 Å². The van der Waals surface area contributed by atoms with Gasteiger partial charge in [-0.2, -0.15) is 0 Å². The van der Waals surface area contributed by atoms with Crippen LogP contribution in [0.25, 0.3) is 0 Å². The first-order valence-corrected chi connectivity index (χ1v) is 10.1. The Morgan fingerprint density at radius 2 is 1.33 bits per heavy atom. The van der Waals surface area contributed by atoms with Gasteiger partial charge < -0.3 is 10.2 Å². The molecule has 0 aromatic heterocycles. The Morgan fingerprint density at radius 1 is 0.815 bits per heavy atom. The zero-order chi connectivity index (χ0) is 21.3. The second-order valence-corrected chi connectivity index (χ2v) is 8.77. The van der Waals surface area contributed by atoms with Gasteiger partial charge in [-0.25, -0.2) is 0 Å². The van der Waals surface area contributed by atoms with Gasteiger partial charge in [-0.15, -0.1) is 0 Å². The van der Waals surface area contributed by atoms with Crippen LogP contribution in [0.3, 0.4) is 0 Å². The molecule has 2 atom stereocenters. The van der Waals surface area contributed by atoms with Gasteiger partial charge >= 0.3 is 0 Å². The normalized spacial score (nSPS) is 15.1. The molecule has 0 aliphatic carbocycles. The number of Topliss-reactive ketones (excluding diaryl/α,β-unsaturated/α-hetero) is 3. The summed E-state index contributed by atoms with van der Waals surface area (Å²) < 4.78 is 0. The van der Waals surface area contributed by atoms with Gasteiger partial charge in [0, 0.05) is 12.8 Å². The molecule has 0 rings (SSSR count). The van der Waals surface area contributed by atoms with Crippen molar-refractivity contribution in [2.75, 3.05) is 0 Å². The molecule has 0 heterocycles. The van der Waals surface area contributed by atoms with E-state index in [1.807, 2.05) is 41.5 Å². The smallest absolute Gasteiger partial charge is 0.175 e. The Balaban J connectivity index is 5.63. The fourth-order valence-electron chi connectivity index (χ4n) is 2.92. The van der Waals surface area contributed by atoms with E-state index in [4.69, 9.17) is 0 Å². The molecule has 0 radical (unpaired) electrons. The van der Waals surface area contributed by atoms with Crippen LogP contribution in [-0.4, -0.2) is 33.7 Å². The number of aliphatic hydroxyl groups is 2. The van der Waals surface area contributed by atoms with E-state index in [9.17, 15) is 24.6 Å². The number of ketones is 3. The van der Waals surface area contributed by atoms with E-state index >= 15 is 0 Å². The number of hydrogen-bond donors (Lipinski definition) is 2. The third kappa shape index (κ3) is 9.32. The number of carbonyl (C=O) groups is 3. The van der Waals surface area contributed by atoms with Crippen LogP contribution in [0.4, 0.5) is 0 Å². The van der Waals surface area contributed by atoms with Crippen molar-refractivity contribution in [3.8, 4) is 0 Å². The van der Waals surface area contributed by atoms with Gasteiger partial charge in [0.05, 0.1) is 11.5 Å². The molecular formula is C22H38O5. The Bertz CT molecular complexity index is 539. The lowest BCUT2D eigenvalue weighted by molar-refractivity contribution is -0.137. The minimum atomic E-state index is -1.45. The number of carbonyl (C=O) groups excluding carboxylic acids is 3. The molecule has 0 saturated carbocycles. The molecule has 156 valence electrons. The summed E-state index contributed by atoms with van der Waals surface area (Å²) in [6, 6.07) is 0. The Labute approximate surface area is 164 Å². The van der Waals surface area contributed by atoms with Crippen LogP contribution in [-0.2, 0) is 14.4 Å². The topological polar surface area (TPSA) is 91.7 Å². The van der Waals surface area contributed by atoms with Crippen LogP contribution in [0.1, 0.15) is 80.6 Å². The lowest BCUT2D eigenvalue weighted by Crippen LogP contribution is -2.37. The first-order valence-electron chi connectivity index (χ1n) is 10.1. The SMILES string of the molecule is C/C(O)=C(/C(=O)CC(C)C)C(=O)[C@@H](CCC(C)C)[C@H](O)C(=O)CCC(C)C. The Morgan fingerprint density at radius 3 is 1.74 bits per heavy atom. The van der Waals surface area contributed by atoms with E-state index in [2.05, 4.69) is 0 Å². The first-order chi connectivity index (χ1) is 12.4. The number of allylic oxidation sites excluding steroid dienone is 2. The average molecular weight is 383 g/mol. The quantitative estimate of drug-likeness (QED) is 0.213. The van der Waals surface area contributed by atoms with Gasteiger partial charge in [-0.3, -0.25) is 14.4 Å². The van der Waals surface area contributed by atoms with Gasteiger partial charge in [0.2, 0.25) is 0 Å². The maximum atomic E-state index is 13.1. The van der Waals surface area contributed by atoms with E-state index in [0.717, 1.165) is 0 Å². The molecule has 0 saturated heterocycles. The summed E-state index contributed by atoms with van der Waals surface area (Å²) in [4.78, 5) is 37.9. The molecule has 0 fully saturated rings. The highest BCUT2D eigenvalue weighted by Gasteiger charge is 2.36. The standard InChI is InChI=1S/C22H38O5/c1-13(2)8-10-17(21(26)18(24)11-9-14(3)4)22(27)20(16(7)23)19(25)12-15(5)6/h13-15,17,21,23,26H,8-12H2,1-7H3/b20-16+/t17-,21-/m0/s1. The molecule has 2 N–H and O–H groups in total. The lowest BCUT2D eigenvalue weighted by atomic mass is 9.81. The molecule has 0 aliphatic heterocycles. The van der Waals surface area contributed by atoms with Crippen molar-refractivity contribution in [1.29, 1.82) is 0 Å². The van der Waals surface area contributed by atoms with Crippen molar-refractivity contribution in [3.63, 3.8) is 0 Å². The highest BCUT2D eigenvalue weighted by molar-refractivity contribution is 6.21. The van der Waals surface area contributed by atoms with E-state index in [0.29, 0.717) is 25.2 Å². The van der Waals surface area contributed by atoms with Crippen LogP contribution in [0.15, 0.2) is 11.3 Å². The van der Waals surface area contributed by atoms with Gasteiger partial charge in [0.15, 0.2) is 17.3 Å². The maximum Gasteiger partial charge on any atom is 0.175 e. The van der Waals surface area contributed by atoms with Crippen molar-refractivity contribution >= 4 is 17.3 Å². The highest BCUT2D eigenvalue weighted by Crippen LogP contribution is 2.25. The van der Waals surface area contributed by atoms with E-state index in [1.165, 1.54) is 6.92 Å². The largest absolute Gasteiger partial charge is 0.512 e. The summed E-state index contributed by atoms with van der Waals surface area (Å²) in [5.74, 6) is -2.15. The molecule has 27 heavy (non-hydrogen) atoms. The van der Waals surface area contributed by atoms with Gasteiger partial charge in [-0.05, 0) is 37.5 Å². The summed E-state index contributed by atoms with van der Waals surface area (Å²) >= 11 is 0. The zero-order valence-corrected chi connectivity index (χ0v) is 18.0. The minimum Gasteiger partial charge on any atom is -0.512 e. The number of hydrogen-bond acceptors (Lipinski definition) is 5. The second-order valence-electron chi connectivity index (χ2n) is 8.77. The van der Waals surface area contributed by atoms with Crippen molar-refractivity contribution in [1.82, 2.24) is 0 Å². The number of rotatable bonds is 13. The molecular weight excluding hydrogens is 344 g/mol. The number of aliphatic hydroxyl groups excluding tert-OH is 2. The fourth-order valence-corrected chi connectivity index (χ4v) is 2.92. The summed E-state index contributed by atoms with van der Waals surface area (Å²) in [6.45, 7) is 13.0. The molecule has 0 spiro atoms. The third-order valence-corrected chi connectivity index (χ3v) is 4.55. The summed E-state index contributed by atoms with van der Waals surface area (Å²) in [6.07, 6.45) is 0.456. The molecule has 0 aliphatic rings. The monoisotopic (exact) mass is 382 g/mol.